The molecule has 5 nitrogen and oxygen atoms in total. The highest BCUT2D eigenvalue weighted by atomic mass is 19.1. The largest absolute Gasteiger partial charge is 0.493 e. The molecule has 0 spiro atoms. The summed E-state index contributed by atoms with van der Waals surface area (Å²) in [6.45, 7) is 0. The van der Waals surface area contributed by atoms with Gasteiger partial charge in [-0.25, -0.2) is 9.18 Å². The quantitative estimate of drug-likeness (QED) is 0.919. The lowest BCUT2D eigenvalue weighted by Gasteiger charge is -2.17. The summed E-state index contributed by atoms with van der Waals surface area (Å²) in [5.74, 6) is -0.756. The number of rotatable bonds is 5. The molecule has 0 aromatic heterocycles. The van der Waals surface area contributed by atoms with Crippen LogP contribution in [0.3, 0.4) is 0 Å². The third-order valence-electron chi connectivity index (χ3n) is 3.21. The van der Waals surface area contributed by atoms with Crippen molar-refractivity contribution in [1.29, 1.82) is 0 Å². The summed E-state index contributed by atoms with van der Waals surface area (Å²) in [5, 5.41) is 9.28. The lowest BCUT2D eigenvalue weighted by atomic mass is 9.98. The van der Waals surface area contributed by atoms with Gasteiger partial charge in [0.15, 0.2) is 11.5 Å². The van der Waals surface area contributed by atoms with E-state index in [4.69, 9.17) is 14.2 Å². The monoisotopic (exact) mass is 306 g/mol. The highest BCUT2D eigenvalue weighted by Gasteiger charge is 2.21. The van der Waals surface area contributed by atoms with Crippen LogP contribution in [0.2, 0.25) is 0 Å². The van der Waals surface area contributed by atoms with Gasteiger partial charge in [-0.15, -0.1) is 0 Å². The normalized spacial score (nSPS) is 10.2. The molecule has 0 saturated carbocycles. The van der Waals surface area contributed by atoms with Crippen LogP contribution in [0.25, 0.3) is 11.1 Å². The Balaban J connectivity index is 2.75. The van der Waals surface area contributed by atoms with Gasteiger partial charge in [-0.1, -0.05) is 6.07 Å². The third kappa shape index (κ3) is 2.67. The van der Waals surface area contributed by atoms with Crippen LogP contribution in [0.4, 0.5) is 4.39 Å². The number of halogens is 1. The van der Waals surface area contributed by atoms with Crippen molar-refractivity contribution in [2.45, 2.75) is 0 Å². The minimum absolute atomic E-state index is 0.162. The maximum absolute atomic E-state index is 13.3. The molecule has 2 aromatic rings. The first-order chi connectivity index (χ1) is 10.5. The number of carboxylic acids is 1. The van der Waals surface area contributed by atoms with Gasteiger partial charge in [0.1, 0.15) is 5.82 Å². The molecule has 0 aliphatic carbocycles. The molecular weight excluding hydrogens is 291 g/mol. The number of ether oxygens (including phenoxy) is 3. The Morgan fingerprint density at radius 1 is 0.955 bits per heavy atom. The van der Waals surface area contributed by atoms with Gasteiger partial charge in [0, 0.05) is 11.1 Å². The summed E-state index contributed by atoms with van der Waals surface area (Å²) in [5.41, 5.74) is 0.634. The first-order valence-corrected chi connectivity index (χ1v) is 6.35. The molecule has 0 saturated heterocycles. The first kappa shape index (κ1) is 15.6. The molecule has 2 rings (SSSR count). The SMILES string of the molecule is COc1ccc(-c2ccc(F)cc2C(=O)O)c(OC)c1OC. The second-order valence-electron chi connectivity index (χ2n) is 4.38. The van der Waals surface area contributed by atoms with Crippen LogP contribution < -0.4 is 14.2 Å². The van der Waals surface area contributed by atoms with E-state index in [0.717, 1.165) is 6.07 Å². The summed E-state index contributed by atoms with van der Waals surface area (Å²) >= 11 is 0. The van der Waals surface area contributed by atoms with Crippen LogP contribution in [0.5, 0.6) is 17.2 Å². The van der Waals surface area contributed by atoms with Crippen molar-refractivity contribution < 1.29 is 28.5 Å². The molecule has 0 aliphatic heterocycles. The zero-order valence-corrected chi connectivity index (χ0v) is 12.3. The van der Waals surface area contributed by atoms with Gasteiger partial charge in [-0.3, -0.25) is 0 Å². The highest BCUT2D eigenvalue weighted by Crippen LogP contribution is 2.45. The minimum atomic E-state index is -1.23. The van der Waals surface area contributed by atoms with Gasteiger partial charge in [0.25, 0.3) is 0 Å². The van der Waals surface area contributed by atoms with E-state index in [9.17, 15) is 14.3 Å². The highest BCUT2D eigenvalue weighted by molar-refractivity contribution is 5.97. The van der Waals surface area contributed by atoms with E-state index in [1.54, 1.807) is 12.1 Å². The Kier molecular flexibility index (Phi) is 4.50. The van der Waals surface area contributed by atoms with Crippen LogP contribution in [-0.4, -0.2) is 32.4 Å². The molecule has 0 unspecified atom stereocenters. The van der Waals surface area contributed by atoms with Crippen molar-refractivity contribution in [2.24, 2.45) is 0 Å². The average molecular weight is 306 g/mol. The summed E-state index contributed by atoms with van der Waals surface area (Å²) in [4.78, 5) is 11.4. The summed E-state index contributed by atoms with van der Waals surface area (Å²) in [6.07, 6.45) is 0. The van der Waals surface area contributed by atoms with Gasteiger partial charge < -0.3 is 19.3 Å². The zero-order chi connectivity index (χ0) is 16.3. The standard InChI is InChI=1S/C16H15FO5/c1-20-13-7-6-11(14(21-2)15(13)22-3)10-5-4-9(17)8-12(10)16(18)19/h4-8H,1-3H3,(H,18,19). The fourth-order valence-electron chi connectivity index (χ4n) is 2.24. The van der Waals surface area contributed by atoms with E-state index in [-0.39, 0.29) is 5.56 Å². The molecule has 0 aliphatic rings. The number of aromatic carboxylic acids is 1. The van der Waals surface area contributed by atoms with E-state index < -0.39 is 11.8 Å². The van der Waals surface area contributed by atoms with E-state index in [2.05, 4.69) is 0 Å². The van der Waals surface area contributed by atoms with Crippen LogP contribution in [0, 0.1) is 5.82 Å². The lowest BCUT2D eigenvalue weighted by molar-refractivity contribution is 0.0697. The number of carboxylic acid groups (broad SMARTS) is 1. The first-order valence-electron chi connectivity index (χ1n) is 6.35. The Morgan fingerprint density at radius 2 is 1.59 bits per heavy atom. The fraction of sp³-hybridized carbons (Fsp3) is 0.188. The topological polar surface area (TPSA) is 65.0 Å². The van der Waals surface area contributed by atoms with Crippen molar-refractivity contribution in [3.05, 3.63) is 41.7 Å². The molecule has 6 heteroatoms. The van der Waals surface area contributed by atoms with E-state index in [1.165, 1.54) is 33.5 Å². The molecule has 0 fully saturated rings. The molecule has 0 radical (unpaired) electrons. The second kappa shape index (κ2) is 6.34. The Bertz CT molecular complexity index is 712. The molecule has 22 heavy (non-hydrogen) atoms. The van der Waals surface area contributed by atoms with Gasteiger partial charge in [0.2, 0.25) is 5.75 Å². The summed E-state index contributed by atoms with van der Waals surface area (Å²) < 4.78 is 29.1. The van der Waals surface area contributed by atoms with Crippen LogP contribution in [0.15, 0.2) is 30.3 Å². The summed E-state index contributed by atoms with van der Waals surface area (Å²) in [7, 11) is 4.37. The third-order valence-corrected chi connectivity index (χ3v) is 3.21. The van der Waals surface area contributed by atoms with Crippen LogP contribution in [-0.2, 0) is 0 Å². The maximum Gasteiger partial charge on any atom is 0.336 e. The molecule has 0 heterocycles. The fourth-order valence-corrected chi connectivity index (χ4v) is 2.24. The van der Waals surface area contributed by atoms with Crippen molar-refractivity contribution >= 4 is 5.97 Å². The van der Waals surface area contributed by atoms with Crippen molar-refractivity contribution in [3.63, 3.8) is 0 Å². The molecule has 0 bridgehead atoms. The van der Waals surface area contributed by atoms with Crippen molar-refractivity contribution in [1.82, 2.24) is 0 Å². The number of carbonyl (C=O) groups is 1. The molecule has 1 N–H and O–H groups in total. The van der Waals surface area contributed by atoms with Crippen molar-refractivity contribution in [2.75, 3.05) is 21.3 Å². The Morgan fingerprint density at radius 3 is 2.14 bits per heavy atom. The molecule has 2 aromatic carbocycles. The predicted molar refractivity (Wildman–Crippen MR) is 78.5 cm³/mol. The van der Waals surface area contributed by atoms with Crippen LogP contribution in [0.1, 0.15) is 10.4 Å². The number of benzene rings is 2. The van der Waals surface area contributed by atoms with E-state index in [0.29, 0.717) is 28.4 Å². The Labute approximate surface area is 126 Å². The lowest BCUT2D eigenvalue weighted by Crippen LogP contribution is -2.02. The van der Waals surface area contributed by atoms with E-state index >= 15 is 0 Å². The van der Waals surface area contributed by atoms with Gasteiger partial charge in [-0.05, 0) is 24.3 Å². The summed E-state index contributed by atoms with van der Waals surface area (Å²) in [6, 6.07) is 6.82. The predicted octanol–water partition coefficient (Wildman–Crippen LogP) is 3.22. The average Bonchev–Trinajstić information content (AvgIpc) is 2.53. The number of methoxy groups -OCH3 is 3. The zero-order valence-electron chi connectivity index (χ0n) is 12.3. The molecule has 0 amide bonds. The van der Waals surface area contributed by atoms with Gasteiger partial charge >= 0.3 is 5.97 Å². The maximum atomic E-state index is 13.3. The molecule has 116 valence electrons. The van der Waals surface area contributed by atoms with Crippen molar-refractivity contribution in [3.8, 4) is 28.4 Å². The van der Waals surface area contributed by atoms with Gasteiger partial charge in [-0.2, -0.15) is 0 Å². The van der Waals surface area contributed by atoms with Crippen LogP contribution >= 0.6 is 0 Å². The van der Waals surface area contributed by atoms with Gasteiger partial charge in [0.05, 0.1) is 26.9 Å². The molecular formula is C16H15FO5. The second-order valence-corrected chi connectivity index (χ2v) is 4.38. The number of hydrogen-bond acceptors (Lipinski definition) is 4. The smallest absolute Gasteiger partial charge is 0.336 e. The number of hydrogen-bond donors (Lipinski definition) is 1. The van der Waals surface area contributed by atoms with E-state index in [1.807, 2.05) is 0 Å². The Hall–Kier alpha value is -2.76. The minimum Gasteiger partial charge on any atom is -0.493 e. The molecule has 0 atom stereocenters.